The van der Waals surface area contributed by atoms with Crippen LogP contribution in [0.2, 0.25) is 0 Å². The molecule has 0 aromatic carbocycles. The summed E-state index contributed by atoms with van der Waals surface area (Å²) in [6.45, 7) is 2.07. The van der Waals surface area contributed by atoms with Crippen molar-refractivity contribution in [2.24, 2.45) is 0 Å². The maximum Gasteiger partial charge on any atom is 0.151 e. The van der Waals surface area contributed by atoms with Crippen LogP contribution < -0.4 is 0 Å². The van der Waals surface area contributed by atoms with Crippen LogP contribution in [0.25, 0.3) is 0 Å². The van der Waals surface area contributed by atoms with E-state index in [0.717, 1.165) is 19.3 Å². The van der Waals surface area contributed by atoms with Gasteiger partial charge in [0.2, 0.25) is 0 Å². The van der Waals surface area contributed by atoms with Gasteiger partial charge in [-0.2, -0.15) is 0 Å². The number of rotatable bonds is 4. The van der Waals surface area contributed by atoms with Crippen molar-refractivity contribution in [1.29, 1.82) is 0 Å². The van der Waals surface area contributed by atoms with Gasteiger partial charge < -0.3 is 30.3 Å². The molecule has 1 spiro atoms. The van der Waals surface area contributed by atoms with Crippen molar-refractivity contribution in [1.82, 2.24) is 0 Å². The summed E-state index contributed by atoms with van der Waals surface area (Å²) in [5, 5.41) is 48.7. The quantitative estimate of drug-likeness (QED) is 0.312. The fourth-order valence-corrected chi connectivity index (χ4v) is 2.88. The lowest BCUT2D eigenvalue weighted by molar-refractivity contribution is -0.209. The van der Waals surface area contributed by atoms with Crippen molar-refractivity contribution < 1.29 is 30.3 Å². The van der Waals surface area contributed by atoms with Gasteiger partial charge in [-0.3, -0.25) is 0 Å². The van der Waals surface area contributed by atoms with E-state index in [1.54, 1.807) is 0 Å². The number of unbranched alkanes of at least 4 members (excludes halogenated alkanes) is 2. The summed E-state index contributed by atoms with van der Waals surface area (Å²) in [7, 11) is 0. The van der Waals surface area contributed by atoms with Gasteiger partial charge in [0.15, 0.2) is 5.60 Å². The highest BCUT2D eigenvalue weighted by Gasteiger charge is 2.72. The van der Waals surface area contributed by atoms with E-state index in [2.05, 4.69) is 6.92 Å². The van der Waals surface area contributed by atoms with Crippen molar-refractivity contribution in [3.63, 3.8) is 0 Å². The van der Waals surface area contributed by atoms with Crippen molar-refractivity contribution in [2.75, 3.05) is 0 Å². The minimum Gasteiger partial charge on any atom is -0.387 e. The van der Waals surface area contributed by atoms with Crippen LogP contribution in [-0.4, -0.2) is 67.8 Å². The Balaban J connectivity index is 2.03. The van der Waals surface area contributed by atoms with Crippen molar-refractivity contribution in [3.8, 4) is 0 Å². The lowest BCUT2D eigenvalue weighted by Crippen LogP contribution is -2.66. The lowest BCUT2D eigenvalue weighted by Gasteiger charge is -2.40. The molecule has 1 heterocycles. The van der Waals surface area contributed by atoms with Crippen molar-refractivity contribution in [3.05, 3.63) is 0 Å². The molecule has 0 radical (unpaired) electrons. The second-order valence-corrected chi connectivity index (χ2v) is 5.32. The number of aliphatic hydroxyl groups is 5. The largest absolute Gasteiger partial charge is 0.387 e. The monoisotopic (exact) mass is 262 g/mol. The molecule has 6 heteroatoms. The zero-order valence-corrected chi connectivity index (χ0v) is 10.4. The van der Waals surface area contributed by atoms with Crippen LogP contribution in [0.4, 0.5) is 0 Å². The normalized spacial score (nSPS) is 51.7. The Morgan fingerprint density at radius 1 is 0.889 bits per heavy atom. The molecule has 1 saturated carbocycles. The molecule has 0 aromatic rings. The minimum absolute atomic E-state index is 0.370. The van der Waals surface area contributed by atoms with Crippen LogP contribution in [0.15, 0.2) is 0 Å². The van der Waals surface area contributed by atoms with E-state index in [1.165, 1.54) is 0 Å². The molecule has 1 aliphatic heterocycles. The third-order valence-corrected chi connectivity index (χ3v) is 4.13. The Kier molecular flexibility index (Phi) is 3.96. The summed E-state index contributed by atoms with van der Waals surface area (Å²) in [6, 6.07) is 0. The Morgan fingerprint density at radius 3 is 1.94 bits per heavy atom. The van der Waals surface area contributed by atoms with E-state index in [9.17, 15) is 25.5 Å². The first kappa shape index (κ1) is 14.2. The molecule has 18 heavy (non-hydrogen) atoms. The summed E-state index contributed by atoms with van der Waals surface area (Å²) in [4.78, 5) is 0. The van der Waals surface area contributed by atoms with Crippen LogP contribution in [0.5, 0.6) is 0 Å². The number of hydrogen-bond acceptors (Lipinski definition) is 6. The standard InChI is InChI=1S/C12H22O6/c1-2-3-4-5-6-12(18-6)10(16)8(14)7(13)9(15)11(12)17/h6-11,13-17H,2-5H2,1H3/t6?,7?,8-,9+,10-,11-,12?/m0/s1. The van der Waals surface area contributed by atoms with Crippen LogP contribution in [0.1, 0.15) is 32.6 Å². The molecule has 106 valence electrons. The Labute approximate surface area is 106 Å². The summed E-state index contributed by atoms with van der Waals surface area (Å²) in [6.07, 6.45) is -4.04. The molecule has 2 fully saturated rings. The molecular formula is C12H22O6. The van der Waals surface area contributed by atoms with Gasteiger partial charge >= 0.3 is 0 Å². The first-order valence-electron chi connectivity index (χ1n) is 6.55. The van der Waals surface area contributed by atoms with Gasteiger partial charge in [0, 0.05) is 0 Å². The predicted molar refractivity (Wildman–Crippen MR) is 61.8 cm³/mol. The van der Waals surface area contributed by atoms with E-state index in [4.69, 9.17) is 4.74 Å². The van der Waals surface area contributed by atoms with Crippen LogP contribution in [0, 0.1) is 0 Å². The topological polar surface area (TPSA) is 114 Å². The van der Waals surface area contributed by atoms with Gasteiger partial charge in [-0.25, -0.2) is 0 Å². The SMILES string of the molecule is CCCCCC1OC12[C@@H](O)[C@H](O)C(O)[C@H](O)[C@@H]2O. The number of epoxide rings is 1. The molecule has 7 atom stereocenters. The third kappa shape index (κ3) is 1.97. The second-order valence-electron chi connectivity index (χ2n) is 5.32. The Hall–Kier alpha value is -0.240. The summed E-state index contributed by atoms with van der Waals surface area (Å²) >= 11 is 0. The first-order chi connectivity index (χ1) is 8.46. The highest BCUT2D eigenvalue weighted by molar-refractivity contribution is 5.20. The summed E-state index contributed by atoms with van der Waals surface area (Å²) < 4.78 is 5.37. The fraction of sp³-hybridized carbons (Fsp3) is 1.00. The highest BCUT2D eigenvalue weighted by Crippen LogP contribution is 2.50. The van der Waals surface area contributed by atoms with E-state index < -0.39 is 36.1 Å². The third-order valence-electron chi connectivity index (χ3n) is 4.13. The van der Waals surface area contributed by atoms with Gasteiger partial charge in [-0.1, -0.05) is 26.2 Å². The first-order valence-corrected chi connectivity index (χ1v) is 6.55. The maximum absolute atomic E-state index is 9.95. The molecule has 5 N–H and O–H groups in total. The van der Waals surface area contributed by atoms with E-state index in [1.807, 2.05) is 0 Å². The molecule has 3 unspecified atom stereocenters. The van der Waals surface area contributed by atoms with E-state index in [-0.39, 0.29) is 6.10 Å². The Bertz CT molecular complexity index is 280. The molecular weight excluding hydrogens is 240 g/mol. The van der Waals surface area contributed by atoms with Gasteiger partial charge in [-0.15, -0.1) is 0 Å². The molecule has 0 bridgehead atoms. The molecule has 1 aliphatic carbocycles. The zero-order valence-electron chi connectivity index (χ0n) is 10.4. The highest BCUT2D eigenvalue weighted by atomic mass is 16.6. The van der Waals surface area contributed by atoms with Crippen LogP contribution in [-0.2, 0) is 4.74 Å². The van der Waals surface area contributed by atoms with Crippen LogP contribution >= 0.6 is 0 Å². The molecule has 6 nitrogen and oxygen atoms in total. The van der Waals surface area contributed by atoms with Crippen LogP contribution in [0.3, 0.4) is 0 Å². The van der Waals surface area contributed by atoms with Crippen molar-refractivity contribution in [2.45, 2.75) is 74.8 Å². The van der Waals surface area contributed by atoms with E-state index in [0.29, 0.717) is 6.42 Å². The molecule has 0 aromatic heterocycles. The average molecular weight is 262 g/mol. The molecule has 2 rings (SSSR count). The summed E-state index contributed by atoms with van der Waals surface area (Å²) in [5.41, 5.74) is -1.31. The molecule has 2 aliphatic rings. The maximum atomic E-state index is 9.95. The van der Waals surface area contributed by atoms with Gasteiger partial charge in [0.25, 0.3) is 0 Å². The fourth-order valence-electron chi connectivity index (χ4n) is 2.88. The lowest BCUT2D eigenvalue weighted by atomic mass is 9.75. The molecule has 1 saturated heterocycles. The van der Waals surface area contributed by atoms with Gasteiger partial charge in [0.05, 0.1) is 6.10 Å². The second kappa shape index (κ2) is 5.03. The van der Waals surface area contributed by atoms with E-state index >= 15 is 0 Å². The van der Waals surface area contributed by atoms with Gasteiger partial charge in [-0.05, 0) is 6.42 Å². The number of ether oxygens (including phenoxy) is 1. The smallest absolute Gasteiger partial charge is 0.151 e. The summed E-state index contributed by atoms with van der Waals surface area (Å²) in [5.74, 6) is 0. The minimum atomic E-state index is -1.55. The van der Waals surface area contributed by atoms with Crippen molar-refractivity contribution >= 4 is 0 Å². The average Bonchev–Trinajstić information content (AvgIpc) is 3.08. The molecule has 0 amide bonds. The predicted octanol–water partition coefficient (Wildman–Crippen LogP) is -1.48. The van der Waals surface area contributed by atoms with Gasteiger partial charge in [0.1, 0.15) is 30.5 Å². The Morgan fingerprint density at radius 2 is 1.44 bits per heavy atom. The number of hydrogen-bond donors (Lipinski definition) is 5. The number of aliphatic hydroxyl groups excluding tert-OH is 5. The zero-order chi connectivity index (χ0) is 13.5.